The van der Waals surface area contributed by atoms with Gasteiger partial charge < -0.3 is 0 Å². The number of pyridine rings is 2. The zero-order chi connectivity index (χ0) is 24.1. The summed E-state index contributed by atoms with van der Waals surface area (Å²) in [5.41, 5.74) is 4.59. The summed E-state index contributed by atoms with van der Waals surface area (Å²) in [6, 6.07) is 13.4. The Morgan fingerprint density at radius 3 is 1.88 bits per heavy atom. The van der Waals surface area contributed by atoms with E-state index in [4.69, 9.17) is 0 Å². The molecule has 2 heterocycles. The summed E-state index contributed by atoms with van der Waals surface area (Å²) < 4.78 is 64.1. The van der Waals surface area contributed by atoms with Crippen molar-refractivity contribution in [2.45, 2.75) is 16.6 Å². The molecular weight excluding hydrogens is 476 g/mol. The molecule has 1 unspecified atom stereocenters. The first-order valence-electron chi connectivity index (χ1n) is 10.2. The average Bonchev–Trinajstić information content (AvgIpc) is 2.82. The van der Waals surface area contributed by atoms with Crippen LogP contribution in [-0.2, 0) is 20.2 Å². The van der Waals surface area contributed by atoms with Crippen LogP contribution in [0, 0.1) is 0 Å². The molecule has 2 aromatic heterocycles. The van der Waals surface area contributed by atoms with Crippen LogP contribution in [0.1, 0.15) is 12.0 Å². The number of aromatic nitrogens is 2. The summed E-state index contributed by atoms with van der Waals surface area (Å²) in [5, 5.41) is 0.697. The van der Waals surface area contributed by atoms with Crippen molar-refractivity contribution in [2.75, 3.05) is 0 Å². The smallest absolute Gasteiger partial charge is 0.285 e. The van der Waals surface area contributed by atoms with Gasteiger partial charge in [0.05, 0.1) is 15.9 Å². The summed E-state index contributed by atoms with van der Waals surface area (Å²) in [6.07, 6.45) is 8.42. The normalized spacial score (nSPS) is 16.6. The topological polar surface area (TPSA) is 135 Å². The van der Waals surface area contributed by atoms with E-state index in [0.717, 1.165) is 33.0 Å². The molecule has 0 spiro atoms. The number of hydrogen-bond donors (Lipinski definition) is 2. The van der Waals surface area contributed by atoms with Crippen molar-refractivity contribution in [3.8, 4) is 11.1 Å². The lowest BCUT2D eigenvalue weighted by molar-refractivity contribution is 0.474. The van der Waals surface area contributed by atoms with E-state index in [1.807, 2.05) is 24.3 Å². The highest BCUT2D eigenvalue weighted by molar-refractivity contribution is 7.86. The first kappa shape index (κ1) is 22.4. The second-order valence-corrected chi connectivity index (χ2v) is 10.9. The lowest BCUT2D eigenvalue weighted by Crippen LogP contribution is -2.18. The summed E-state index contributed by atoms with van der Waals surface area (Å²) >= 11 is 0. The molecule has 0 bridgehead atoms. The molecule has 2 aromatic carbocycles. The second-order valence-electron chi connectivity index (χ2n) is 7.88. The average molecular weight is 495 g/mol. The molecule has 34 heavy (non-hydrogen) atoms. The second kappa shape index (κ2) is 8.10. The number of hydrogen-bond acceptors (Lipinski definition) is 6. The Bertz CT molecular complexity index is 1730. The summed E-state index contributed by atoms with van der Waals surface area (Å²) in [5.74, 6) is 0. The van der Waals surface area contributed by atoms with Crippen LogP contribution in [0.5, 0.6) is 0 Å². The van der Waals surface area contributed by atoms with E-state index in [9.17, 15) is 25.9 Å². The molecule has 10 heteroatoms. The zero-order valence-corrected chi connectivity index (χ0v) is 19.2. The van der Waals surface area contributed by atoms with E-state index in [2.05, 4.69) is 9.97 Å². The van der Waals surface area contributed by atoms with E-state index in [1.165, 1.54) is 18.2 Å². The highest BCUT2D eigenvalue weighted by atomic mass is 32.2. The highest BCUT2D eigenvalue weighted by Crippen LogP contribution is 2.35. The highest BCUT2D eigenvalue weighted by Gasteiger charge is 2.22. The molecule has 0 saturated carbocycles. The Hall–Kier alpha value is -3.44. The van der Waals surface area contributed by atoms with Gasteiger partial charge in [0.2, 0.25) is 0 Å². The SMILES string of the molecule is O=S(=O)(O)c1ccc(-c2ccnc3c2ccc2c(C4=CCC(S(=O)(=O)O)C=C4)ccnc23)cc1. The van der Waals surface area contributed by atoms with Crippen LogP contribution >= 0.6 is 0 Å². The quantitative estimate of drug-likeness (QED) is 0.317. The van der Waals surface area contributed by atoms with Crippen LogP contribution in [0.3, 0.4) is 0 Å². The van der Waals surface area contributed by atoms with Gasteiger partial charge >= 0.3 is 0 Å². The molecular formula is C24H18N2O6S2. The van der Waals surface area contributed by atoms with E-state index in [-0.39, 0.29) is 11.3 Å². The number of benzene rings is 2. The van der Waals surface area contributed by atoms with Crippen molar-refractivity contribution in [2.24, 2.45) is 0 Å². The Kier molecular flexibility index (Phi) is 5.33. The van der Waals surface area contributed by atoms with Gasteiger partial charge in [-0.05, 0) is 52.9 Å². The predicted molar refractivity (Wildman–Crippen MR) is 129 cm³/mol. The van der Waals surface area contributed by atoms with E-state index >= 15 is 0 Å². The molecule has 4 aromatic rings. The van der Waals surface area contributed by atoms with Gasteiger partial charge in [-0.2, -0.15) is 16.8 Å². The molecule has 8 nitrogen and oxygen atoms in total. The Balaban J connectivity index is 1.62. The van der Waals surface area contributed by atoms with Gasteiger partial charge in [-0.15, -0.1) is 0 Å². The van der Waals surface area contributed by atoms with Crippen LogP contribution in [0.15, 0.2) is 84.0 Å². The lowest BCUT2D eigenvalue weighted by atomic mass is 9.94. The number of fused-ring (bicyclic) bond motifs is 3. The van der Waals surface area contributed by atoms with Crippen molar-refractivity contribution < 1.29 is 25.9 Å². The Labute approximate surface area is 195 Å². The monoisotopic (exact) mass is 494 g/mol. The molecule has 0 amide bonds. The van der Waals surface area contributed by atoms with Gasteiger partial charge in [-0.25, -0.2) is 0 Å². The minimum absolute atomic E-state index is 0.171. The third-order valence-corrected chi connectivity index (χ3v) is 7.82. The minimum atomic E-state index is -4.28. The molecule has 0 aliphatic heterocycles. The van der Waals surface area contributed by atoms with Crippen molar-refractivity contribution in [3.05, 3.63) is 84.7 Å². The van der Waals surface area contributed by atoms with Gasteiger partial charge in [0.1, 0.15) is 5.25 Å². The molecule has 172 valence electrons. The predicted octanol–water partition coefficient (Wildman–Crippen LogP) is 4.30. The fourth-order valence-electron chi connectivity index (χ4n) is 4.16. The summed E-state index contributed by atoms with van der Waals surface area (Å²) in [6.45, 7) is 0. The molecule has 0 saturated heterocycles. The first-order valence-corrected chi connectivity index (χ1v) is 13.2. The van der Waals surface area contributed by atoms with Gasteiger partial charge in [0.25, 0.3) is 20.2 Å². The van der Waals surface area contributed by atoms with Crippen LogP contribution in [-0.4, -0.2) is 41.2 Å². The van der Waals surface area contributed by atoms with Crippen LogP contribution in [0.25, 0.3) is 38.5 Å². The van der Waals surface area contributed by atoms with Crippen molar-refractivity contribution >= 4 is 47.6 Å². The summed E-state index contributed by atoms with van der Waals surface area (Å²) in [7, 11) is -8.43. The van der Waals surface area contributed by atoms with Crippen molar-refractivity contribution in [3.63, 3.8) is 0 Å². The van der Waals surface area contributed by atoms with Gasteiger partial charge in [0.15, 0.2) is 0 Å². The first-order chi connectivity index (χ1) is 16.1. The lowest BCUT2D eigenvalue weighted by Gasteiger charge is -2.16. The van der Waals surface area contributed by atoms with Gasteiger partial charge in [-0.3, -0.25) is 19.1 Å². The maximum atomic E-state index is 11.4. The molecule has 1 aliphatic rings. The molecule has 0 fully saturated rings. The van der Waals surface area contributed by atoms with Crippen molar-refractivity contribution in [1.29, 1.82) is 0 Å². The summed E-state index contributed by atoms with van der Waals surface area (Å²) in [4.78, 5) is 8.89. The van der Waals surface area contributed by atoms with Gasteiger partial charge in [-0.1, -0.05) is 42.5 Å². The number of rotatable bonds is 4. The van der Waals surface area contributed by atoms with E-state index in [1.54, 1.807) is 36.7 Å². The fourth-order valence-corrected chi connectivity index (χ4v) is 5.26. The van der Waals surface area contributed by atoms with Gasteiger partial charge in [0, 0.05) is 23.2 Å². The van der Waals surface area contributed by atoms with E-state index < -0.39 is 25.5 Å². The maximum Gasteiger partial charge on any atom is 0.294 e. The maximum absolute atomic E-state index is 11.4. The van der Waals surface area contributed by atoms with Crippen LogP contribution in [0.4, 0.5) is 0 Å². The Morgan fingerprint density at radius 1 is 0.765 bits per heavy atom. The fraction of sp³-hybridized carbons (Fsp3) is 0.0833. The Morgan fingerprint density at radius 2 is 1.35 bits per heavy atom. The number of nitrogens with zero attached hydrogens (tertiary/aromatic N) is 2. The zero-order valence-electron chi connectivity index (χ0n) is 17.5. The van der Waals surface area contributed by atoms with Crippen molar-refractivity contribution in [1.82, 2.24) is 9.97 Å². The third-order valence-electron chi connectivity index (χ3n) is 5.84. The minimum Gasteiger partial charge on any atom is -0.285 e. The largest absolute Gasteiger partial charge is 0.294 e. The third kappa shape index (κ3) is 4.01. The molecule has 1 aliphatic carbocycles. The van der Waals surface area contributed by atoms with Crippen LogP contribution < -0.4 is 0 Å². The number of allylic oxidation sites excluding steroid dienone is 3. The van der Waals surface area contributed by atoms with E-state index in [0.29, 0.717) is 11.0 Å². The molecule has 2 N–H and O–H groups in total. The molecule has 1 atom stereocenters. The standard InChI is InChI=1S/C24H18N2O6S2/c27-33(28,29)17-5-1-15(2-6-17)19-11-13-25-23-21(19)9-10-22-20(12-14-26-24(22)23)16-3-7-18(8-4-16)34(30,31)32/h1-7,9-14,18H,8H2,(H,27,28,29)(H,30,31,32). The molecule has 0 radical (unpaired) electrons. The molecule has 5 rings (SSSR count). The van der Waals surface area contributed by atoms with Crippen LogP contribution in [0.2, 0.25) is 0 Å².